The van der Waals surface area contributed by atoms with Gasteiger partial charge in [0.1, 0.15) is 0 Å². The number of nitrogens with zero attached hydrogens (tertiary/aromatic N) is 6. The highest BCUT2D eigenvalue weighted by Crippen LogP contribution is 2.63. The predicted octanol–water partition coefficient (Wildman–Crippen LogP) is 15.1. The zero-order valence-corrected chi connectivity index (χ0v) is 43.3. The molecule has 0 saturated carbocycles. The summed E-state index contributed by atoms with van der Waals surface area (Å²) in [5.41, 5.74) is 31.8. The molecule has 0 atom stereocenters. The van der Waals surface area contributed by atoms with Gasteiger partial charge in [-0.3, -0.25) is 0 Å². The van der Waals surface area contributed by atoms with Crippen LogP contribution in [-0.2, 0) is 0 Å². The number of rotatable bonds is 4. The van der Waals surface area contributed by atoms with Gasteiger partial charge in [0.25, 0.3) is 13.4 Å². The van der Waals surface area contributed by atoms with Gasteiger partial charge in [-0.2, -0.15) is 11.3 Å². The summed E-state index contributed by atoms with van der Waals surface area (Å²) in [6.45, 7) is -0.139. The van der Waals surface area contributed by atoms with Crippen molar-refractivity contribution < 1.29 is 0 Å². The van der Waals surface area contributed by atoms with E-state index in [1.54, 1.807) is 0 Å². The average Bonchev–Trinajstić information content (AvgIpc) is 4.03. The molecule has 79 heavy (non-hydrogen) atoms. The van der Waals surface area contributed by atoms with Gasteiger partial charge < -0.3 is 29.4 Å². The summed E-state index contributed by atoms with van der Waals surface area (Å²) in [5.74, 6) is 0. The highest BCUT2D eigenvalue weighted by Gasteiger charge is 2.56. The molecule has 0 fully saturated rings. The van der Waals surface area contributed by atoms with Crippen molar-refractivity contribution in [3.63, 3.8) is 0 Å². The fraction of sp³-hybridized carbons (Fsp3) is 0. The van der Waals surface area contributed by atoms with Crippen LogP contribution < -0.4 is 60.8 Å². The summed E-state index contributed by atoms with van der Waals surface area (Å²) in [6.07, 6.45) is 0. The fourth-order valence-electron chi connectivity index (χ4n) is 14.7. The Labute approximate surface area is 462 Å². The second-order valence-electron chi connectivity index (χ2n) is 21.6. The molecule has 0 bridgehead atoms. The smallest absolute Gasteiger partial charge is 0.264 e. The summed E-state index contributed by atoms with van der Waals surface area (Å²) < 4.78 is 2.76. The van der Waals surface area contributed by atoms with Gasteiger partial charge in [-0.15, -0.1) is 0 Å². The van der Waals surface area contributed by atoms with Crippen LogP contribution in [0.4, 0.5) is 102 Å². The van der Waals surface area contributed by atoms with E-state index in [9.17, 15) is 0 Å². The van der Waals surface area contributed by atoms with Crippen molar-refractivity contribution in [3.8, 4) is 22.3 Å². The van der Waals surface area contributed by atoms with Crippen molar-refractivity contribution in [1.29, 1.82) is 0 Å². The third-order valence-electron chi connectivity index (χ3n) is 17.7. The van der Waals surface area contributed by atoms with E-state index in [-0.39, 0.29) is 13.4 Å². The number of fused-ring (bicyclic) bond motifs is 17. The van der Waals surface area contributed by atoms with Gasteiger partial charge in [0.2, 0.25) is 0 Å². The van der Waals surface area contributed by atoms with E-state index in [1.165, 1.54) is 133 Å². The lowest BCUT2D eigenvalue weighted by molar-refractivity contribution is 1.15. The van der Waals surface area contributed by atoms with Gasteiger partial charge in [0, 0.05) is 43.7 Å². The first-order valence-electron chi connectivity index (χ1n) is 27.3. The third kappa shape index (κ3) is 5.37. The molecule has 7 aliphatic rings. The van der Waals surface area contributed by atoms with E-state index < -0.39 is 0 Å². The maximum Gasteiger partial charge on any atom is 0.264 e. The highest BCUT2D eigenvalue weighted by molar-refractivity contribution is 7.39. The van der Waals surface area contributed by atoms with E-state index >= 15 is 0 Å². The average molecular weight is 1020 g/mol. The molecule has 0 saturated heterocycles. The first kappa shape index (κ1) is 42.2. The minimum Gasteiger partial charge on any atom is -0.307 e. The van der Waals surface area contributed by atoms with Crippen LogP contribution in [-0.4, -0.2) is 13.4 Å². The maximum atomic E-state index is 2.66. The summed E-state index contributed by atoms with van der Waals surface area (Å²) in [7, 11) is 0. The van der Waals surface area contributed by atoms with Gasteiger partial charge >= 0.3 is 0 Å². The van der Waals surface area contributed by atoms with Gasteiger partial charge in [-0.25, -0.2) is 0 Å². The molecule has 7 aliphatic heterocycles. The minimum atomic E-state index is -0.0748. The maximum absolute atomic E-state index is 2.66. The number of hydrogen-bond acceptors (Lipinski definition) is 7. The first-order chi connectivity index (χ1) is 39.3. The zero-order valence-electron chi connectivity index (χ0n) is 42.5. The second-order valence-corrected chi connectivity index (χ2v) is 22.6. The Hall–Kier alpha value is -9.95. The molecule has 8 heterocycles. The Bertz CT molecular complexity index is 4620. The van der Waals surface area contributed by atoms with Crippen LogP contribution in [0.3, 0.4) is 0 Å². The predicted molar refractivity (Wildman–Crippen MR) is 333 cm³/mol. The van der Waals surface area contributed by atoms with E-state index in [0.29, 0.717) is 0 Å². The first-order valence-corrected chi connectivity index (χ1v) is 28.2. The minimum absolute atomic E-state index is 0.0643. The van der Waals surface area contributed by atoms with Crippen molar-refractivity contribution in [3.05, 3.63) is 255 Å². The van der Waals surface area contributed by atoms with E-state index in [0.717, 1.165) is 22.7 Å². The van der Waals surface area contributed by atoms with E-state index in [4.69, 9.17) is 0 Å². The number of anilines is 18. The third-order valence-corrected chi connectivity index (χ3v) is 19.0. The van der Waals surface area contributed by atoms with Gasteiger partial charge in [-0.05, 0) is 141 Å². The summed E-state index contributed by atoms with van der Waals surface area (Å²) >= 11 is 2.05. The van der Waals surface area contributed by atoms with Crippen LogP contribution in [0, 0.1) is 0 Å². The topological polar surface area (TPSA) is 19.4 Å². The quantitative estimate of drug-likeness (QED) is 0.163. The molecule has 0 radical (unpaired) electrons. The van der Waals surface area contributed by atoms with E-state index in [1.807, 2.05) is 11.3 Å². The molecule has 6 nitrogen and oxygen atoms in total. The molecule has 0 unspecified atom stereocenters. The largest absolute Gasteiger partial charge is 0.307 e. The van der Waals surface area contributed by atoms with Crippen LogP contribution in [0.15, 0.2) is 255 Å². The molecular formula is C70H42B2N6S. The molecular weight excluding hydrogens is 979 g/mol. The number of benzene rings is 11. The van der Waals surface area contributed by atoms with Crippen molar-refractivity contribution in [2.24, 2.45) is 0 Å². The van der Waals surface area contributed by atoms with Crippen LogP contribution in [0.1, 0.15) is 0 Å². The monoisotopic (exact) mass is 1020 g/mol. The lowest BCUT2D eigenvalue weighted by Gasteiger charge is -2.51. The molecule has 11 aromatic carbocycles. The lowest BCUT2D eigenvalue weighted by atomic mass is 9.34. The zero-order chi connectivity index (χ0) is 51.2. The van der Waals surface area contributed by atoms with Crippen LogP contribution in [0.25, 0.3) is 22.3 Å². The van der Waals surface area contributed by atoms with Crippen LogP contribution in [0.5, 0.6) is 0 Å². The summed E-state index contributed by atoms with van der Waals surface area (Å²) in [5, 5.41) is 0. The molecule has 0 N–H and O–H groups in total. The van der Waals surface area contributed by atoms with Gasteiger partial charge in [-0.1, -0.05) is 158 Å². The molecule has 0 amide bonds. The Morgan fingerprint density at radius 2 is 0.582 bits per heavy atom. The normalized spacial score (nSPS) is 14.4. The summed E-state index contributed by atoms with van der Waals surface area (Å²) in [6, 6.07) is 95.2. The molecule has 364 valence electrons. The number of para-hydroxylation sites is 8. The molecule has 0 aliphatic carbocycles. The molecule has 1 aromatic heterocycles. The Kier molecular flexibility index (Phi) is 8.21. The van der Waals surface area contributed by atoms with Gasteiger partial charge in [0.15, 0.2) is 0 Å². The Balaban J connectivity index is 0.931. The SMILES string of the molecule is c1ccc(-c2ccc3c(c2)B2c4sc5c6c4N(c4ccccc4N6c4ccc6c7c4B5c4ccc(-c5ccccc5)cc4N7c4ccccc4N6c4ccccc4)c4ccc5c(c42)N3c2ccccc2N5c2ccccc2)cc1. The standard InChI is InChI=1S/C70H42B2N6S/c1-5-19-43(20-6-1)45-34-36-51-50(41-45)72-64-59(38-39-60-65(64)75(51)54-29-15-13-27-52(54)73(60)47-23-9-3-10-24-47)77-57-32-18-17-31-56(57)76-58-37-40-61-66-63(58)71(69-67(76)68(77)70(72)79-69)49-35-33-46(44-21-7-2-8-22-44)42-62(49)78(66)55-30-16-14-28-53(55)74(61)48-25-11-4-12-26-48/h1-42H. The second kappa shape index (κ2) is 15.4. The highest BCUT2D eigenvalue weighted by atomic mass is 32.1. The van der Waals surface area contributed by atoms with Crippen molar-refractivity contribution in [2.75, 3.05) is 29.4 Å². The lowest BCUT2D eigenvalue weighted by Crippen LogP contribution is -2.61. The van der Waals surface area contributed by atoms with Crippen LogP contribution >= 0.6 is 11.3 Å². The van der Waals surface area contributed by atoms with Crippen molar-refractivity contribution in [2.45, 2.75) is 0 Å². The van der Waals surface area contributed by atoms with Crippen molar-refractivity contribution in [1.82, 2.24) is 0 Å². The van der Waals surface area contributed by atoms with Crippen molar-refractivity contribution >= 4 is 159 Å². The number of thiophene rings is 1. The fourth-order valence-corrected chi connectivity index (χ4v) is 16.2. The Morgan fingerprint density at radius 3 is 1.06 bits per heavy atom. The summed E-state index contributed by atoms with van der Waals surface area (Å²) in [4.78, 5) is 15.5. The van der Waals surface area contributed by atoms with E-state index in [2.05, 4.69) is 284 Å². The number of hydrogen-bond donors (Lipinski definition) is 0. The molecule has 19 rings (SSSR count). The van der Waals surface area contributed by atoms with Crippen LogP contribution in [0.2, 0.25) is 0 Å². The molecule has 12 aromatic rings. The molecule has 0 spiro atoms. The molecule has 9 heteroatoms. The van der Waals surface area contributed by atoms with Gasteiger partial charge in [0.05, 0.1) is 68.2 Å². The Morgan fingerprint density at radius 1 is 0.228 bits per heavy atom.